The minimum atomic E-state index is -0.356. The van der Waals surface area contributed by atoms with Crippen molar-refractivity contribution >= 4 is 5.91 Å². The first-order chi connectivity index (χ1) is 7.90. The highest BCUT2D eigenvalue weighted by atomic mass is 16.2. The predicted molar refractivity (Wildman–Crippen MR) is 71.0 cm³/mol. The Kier molecular flexibility index (Phi) is 4.95. The normalized spacial score (nSPS) is 20.0. The number of rotatable bonds is 4. The number of carbonyl (C=O) groups excluding carboxylic acids is 1. The summed E-state index contributed by atoms with van der Waals surface area (Å²) < 4.78 is 0. The molecule has 0 aliphatic carbocycles. The average Bonchev–Trinajstić information content (AvgIpc) is 2.26. The number of piperidine rings is 1. The second-order valence-electron chi connectivity index (χ2n) is 6.11. The molecule has 1 aliphatic rings. The number of likely N-dealkylation sites (N-methyl/N-ethyl adjacent to an activating group) is 1. The number of carbonyl (C=O) groups is 1. The van der Waals surface area contributed by atoms with E-state index in [1.54, 1.807) is 0 Å². The van der Waals surface area contributed by atoms with Gasteiger partial charge in [0.2, 0.25) is 5.91 Å². The van der Waals surface area contributed by atoms with Crippen LogP contribution in [0, 0.1) is 5.41 Å². The van der Waals surface area contributed by atoms with Crippen LogP contribution in [0.1, 0.15) is 40.5 Å². The number of hydrogen-bond acceptors (Lipinski definition) is 3. The number of hydrogen-bond donors (Lipinski definition) is 3. The van der Waals surface area contributed by atoms with E-state index in [-0.39, 0.29) is 16.9 Å². The molecule has 3 N–H and O–H groups in total. The summed E-state index contributed by atoms with van der Waals surface area (Å²) in [5, 5.41) is 9.78. The lowest BCUT2D eigenvalue weighted by Crippen LogP contribution is -2.62. The third-order valence-corrected chi connectivity index (χ3v) is 3.19. The molecule has 4 nitrogen and oxygen atoms in total. The first-order valence-electron chi connectivity index (χ1n) is 6.64. The molecule has 1 saturated heterocycles. The Labute approximate surface area is 105 Å². The average molecular weight is 241 g/mol. The molecule has 1 amide bonds. The van der Waals surface area contributed by atoms with E-state index in [2.05, 4.69) is 43.6 Å². The van der Waals surface area contributed by atoms with Gasteiger partial charge in [-0.25, -0.2) is 0 Å². The standard InChI is InChI=1S/C13H27N3O/c1-5-16-13(6-8-14-9-7-13)11(17)15-10-12(2,3)4/h14,16H,5-10H2,1-4H3,(H,15,17). The van der Waals surface area contributed by atoms with Gasteiger partial charge in [-0.15, -0.1) is 0 Å². The van der Waals surface area contributed by atoms with Crippen LogP contribution in [0.15, 0.2) is 0 Å². The molecule has 0 aromatic heterocycles. The largest absolute Gasteiger partial charge is 0.354 e. The third-order valence-electron chi connectivity index (χ3n) is 3.19. The Balaban J connectivity index is 2.60. The van der Waals surface area contributed by atoms with Crippen molar-refractivity contribution in [2.24, 2.45) is 5.41 Å². The van der Waals surface area contributed by atoms with Gasteiger partial charge in [0.15, 0.2) is 0 Å². The first kappa shape index (κ1) is 14.5. The molecule has 0 aromatic rings. The van der Waals surface area contributed by atoms with Crippen LogP contribution in [0.25, 0.3) is 0 Å². The van der Waals surface area contributed by atoms with Crippen LogP contribution in [-0.2, 0) is 4.79 Å². The van der Waals surface area contributed by atoms with Gasteiger partial charge in [0.1, 0.15) is 5.54 Å². The van der Waals surface area contributed by atoms with Crippen LogP contribution in [-0.4, -0.2) is 37.6 Å². The molecule has 0 unspecified atom stereocenters. The van der Waals surface area contributed by atoms with Gasteiger partial charge < -0.3 is 16.0 Å². The molecule has 0 atom stereocenters. The summed E-state index contributed by atoms with van der Waals surface area (Å²) in [6.07, 6.45) is 1.74. The Bertz CT molecular complexity index is 246. The van der Waals surface area contributed by atoms with E-state index in [9.17, 15) is 4.79 Å². The van der Waals surface area contributed by atoms with E-state index in [1.807, 2.05) is 0 Å². The van der Waals surface area contributed by atoms with E-state index in [0.29, 0.717) is 0 Å². The van der Waals surface area contributed by atoms with Crippen LogP contribution in [0.3, 0.4) is 0 Å². The minimum Gasteiger partial charge on any atom is -0.354 e. The fraction of sp³-hybridized carbons (Fsp3) is 0.923. The number of nitrogens with one attached hydrogen (secondary N) is 3. The molecule has 1 fully saturated rings. The van der Waals surface area contributed by atoms with Crippen LogP contribution in [0.5, 0.6) is 0 Å². The Morgan fingerprint density at radius 2 is 1.88 bits per heavy atom. The Hall–Kier alpha value is -0.610. The van der Waals surface area contributed by atoms with Crippen molar-refractivity contribution in [1.82, 2.24) is 16.0 Å². The molecule has 0 bridgehead atoms. The molecule has 0 saturated carbocycles. The van der Waals surface area contributed by atoms with E-state index in [4.69, 9.17) is 0 Å². The van der Waals surface area contributed by atoms with Crippen LogP contribution in [0.4, 0.5) is 0 Å². The zero-order chi connectivity index (χ0) is 12.9. The van der Waals surface area contributed by atoms with E-state index < -0.39 is 0 Å². The van der Waals surface area contributed by atoms with Gasteiger partial charge in [-0.2, -0.15) is 0 Å². The fourth-order valence-corrected chi connectivity index (χ4v) is 2.19. The number of amides is 1. The van der Waals surface area contributed by atoms with E-state index in [0.717, 1.165) is 39.0 Å². The summed E-state index contributed by atoms with van der Waals surface area (Å²) in [6, 6.07) is 0. The van der Waals surface area contributed by atoms with E-state index >= 15 is 0 Å². The predicted octanol–water partition coefficient (Wildman–Crippen LogP) is 0.880. The summed E-state index contributed by atoms with van der Waals surface area (Å²) >= 11 is 0. The van der Waals surface area contributed by atoms with Gasteiger partial charge in [0.05, 0.1) is 0 Å². The SMILES string of the molecule is CCNC1(C(=O)NCC(C)(C)C)CCNCC1. The van der Waals surface area contributed by atoms with Gasteiger partial charge >= 0.3 is 0 Å². The topological polar surface area (TPSA) is 53.2 Å². The van der Waals surface area contributed by atoms with Crippen molar-refractivity contribution in [3.8, 4) is 0 Å². The van der Waals surface area contributed by atoms with Gasteiger partial charge in [-0.05, 0) is 37.9 Å². The van der Waals surface area contributed by atoms with Crippen LogP contribution >= 0.6 is 0 Å². The summed E-state index contributed by atoms with van der Waals surface area (Å²) in [4.78, 5) is 12.4. The lowest BCUT2D eigenvalue weighted by molar-refractivity contribution is -0.129. The maximum absolute atomic E-state index is 12.4. The van der Waals surface area contributed by atoms with Gasteiger partial charge in [-0.1, -0.05) is 27.7 Å². The van der Waals surface area contributed by atoms with Crippen LogP contribution in [0.2, 0.25) is 0 Å². The van der Waals surface area contributed by atoms with Crippen molar-refractivity contribution in [3.63, 3.8) is 0 Å². The molecule has 1 aliphatic heterocycles. The molecule has 0 spiro atoms. The zero-order valence-corrected chi connectivity index (χ0v) is 11.7. The molecule has 0 radical (unpaired) electrons. The van der Waals surface area contributed by atoms with Crippen molar-refractivity contribution in [1.29, 1.82) is 0 Å². The summed E-state index contributed by atoms with van der Waals surface area (Å²) in [6.45, 7) is 11.9. The highest BCUT2D eigenvalue weighted by Crippen LogP contribution is 2.19. The Morgan fingerprint density at radius 1 is 1.29 bits per heavy atom. The molecule has 0 aromatic carbocycles. The molecule has 17 heavy (non-hydrogen) atoms. The molecule has 1 rings (SSSR count). The quantitative estimate of drug-likeness (QED) is 0.685. The van der Waals surface area contributed by atoms with Gasteiger partial charge in [0, 0.05) is 6.54 Å². The monoisotopic (exact) mass is 241 g/mol. The lowest BCUT2D eigenvalue weighted by Gasteiger charge is -2.37. The molecule has 100 valence electrons. The van der Waals surface area contributed by atoms with Crippen molar-refractivity contribution in [2.75, 3.05) is 26.2 Å². The first-order valence-corrected chi connectivity index (χ1v) is 6.64. The maximum atomic E-state index is 12.4. The van der Waals surface area contributed by atoms with Crippen molar-refractivity contribution < 1.29 is 4.79 Å². The highest BCUT2D eigenvalue weighted by Gasteiger charge is 2.38. The lowest BCUT2D eigenvalue weighted by atomic mass is 9.86. The van der Waals surface area contributed by atoms with Gasteiger partial charge in [0.25, 0.3) is 0 Å². The molecular formula is C13H27N3O. The van der Waals surface area contributed by atoms with Crippen LogP contribution < -0.4 is 16.0 Å². The summed E-state index contributed by atoms with van der Waals surface area (Å²) in [7, 11) is 0. The maximum Gasteiger partial charge on any atom is 0.240 e. The fourth-order valence-electron chi connectivity index (χ4n) is 2.19. The Morgan fingerprint density at radius 3 is 2.35 bits per heavy atom. The van der Waals surface area contributed by atoms with Crippen molar-refractivity contribution in [3.05, 3.63) is 0 Å². The molecule has 1 heterocycles. The minimum absolute atomic E-state index is 0.135. The molecule has 4 heteroatoms. The second kappa shape index (κ2) is 5.83. The molecular weight excluding hydrogens is 214 g/mol. The smallest absolute Gasteiger partial charge is 0.240 e. The summed E-state index contributed by atoms with van der Waals surface area (Å²) in [5.41, 5.74) is -0.221. The highest BCUT2D eigenvalue weighted by molar-refractivity contribution is 5.86. The van der Waals surface area contributed by atoms with Gasteiger partial charge in [-0.3, -0.25) is 4.79 Å². The summed E-state index contributed by atoms with van der Waals surface area (Å²) in [5.74, 6) is 0.163. The van der Waals surface area contributed by atoms with E-state index in [1.165, 1.54) is 0 Å². The zero-order valence-electron chi connectivity index (χ0n) is 11.7. The second-order valence-corrected chi connectivity index (χ2v) is 6.11. The van der Waals surface area contributed by atoms with Crippen molar-refractivity contribution in [2.45, 2.75) is 46.1 Å². The third kappa shape index (κ3) is 4.28.